The highest BCUT2D eigenvalue weighted by atomic mass is 16.2. The smallest absolute Gasteiger partial charge is 0.0431 e. The molecule has 0 radical (unpaired) electrons. The Hall–Kier alpha value is -0.560. The average Bonchev–Trinajstić information content (AvgIpc) is 2.50. The van der Waals surface area contributed by atoms with Gasteiger partial charge in [-0.15, -0.1) is 0 Å². The van der Waals surface area contributed by atoms with Gasteiger partial charge in [-0.3, -0.25) is 0 Å². The van der Waals surface area contributed by atoms with E-state index in [1.165, 1.54) is 77.0 Å². The summed E-state index contributed by atoms with van der Waals surface area (Å²) in [5.41, 5.74) is 0. The molecular weight excluding hydrogens is 256 g/mol. The van der Waals surface area contributed by atoms with Crippen molar-refractivity contribution in [3.63, 3.8) is 0 Å². The van der Waals surface area contributed by atoms with Gasteiger partial charge in [0.2, 0.25) is 0 Å². The third-order valence-corrected chi connectivity index (χ3v) is 3.86. The Labute approximate surface area is 133 Å². The molecule has 0 spiro atoms. The molecule has 0 unspecified atom stereocenters. The fourth-order valence-corrected chi connectivity index (χ4v) is 2.45. The molecule has 0 aromatic carbocycles. The van der Waals surface area contributed by atoms with E-state index in [4.69, 9.17) is 5.11 Å². The molecular formula is C20H38O. The zero-order valence-corrected chi connectivity index (χ0v) is 14.4. The first-order valence-corrected chi connectivity index (χ1v) is 9.32. The van der Waals surface area contributed by atoms with Gasteiger partial charge in [0.15, 0.2) is 0 Å². The van der Waals surface area contributed by atoms with Gasteiger partial charge in [-0.2, -0.15) is 0 Å². The van der Waals surface area contributed by atoms with Gasteiger partial charge >= 0.3 is 0 Å². The standard InChI is InChI=1S/C20H38O/c1-2-3-4-5-6-7-8-9-10-11-12-13-14-15-16-17-18-19-20-21/h6-7,9-10,21H,2-5,8,11-20H2,1H3/b7-6+,10-9+. The summed E-state index contributed by atoms with van der Waals surface area (Å²) in [6, 6.07) is 0. The Bertz CT molecular complexity index is 230. The normalized spacial score (nSPS) is 11.9. The first-order valence-electron chi connectivity index (χ1n) is 9.32. The van der Waals surface area contributed by atoms with Gasteiger partial charge in [0.1, 0.15) is 0 Å². The minimum atomic E-state index is 0.361. The van der Waals surface area contributed by atoms with Crippen LogP contribution in [0.15, 0.2) is 24.3 Å². The van der Waals surface area contributed by atoms with Crippen molar-refractivity contribution < 1.29 is 5.11 Å². The lowest BCUT2D eigenvalue weighted by molar-refractivity contribution is 0.282. The molecule has 1 nitrogen and oxygen atoms in total. The molecule has 0 aliphatic carbocycles. The molecule has 0 saturated carbocycles. The molecule has 1 N–H and O–H groups in total. The third kappa shape index (κ3) is 19.4. The van der Waals surface area contributed by atoms with Crippen molar-refractivity contribution >= 4 is 0 Å². The van der Waals surface area contributed by atoms with Gasteiger partial charge in [0.05, 0.1) is 0 Å². The average molecular weight is 295 g/mol. The molecule has 1 heteroatoms. The van der Waals surface area contributed by atoms with Gasteiger partial charge in [-0.1, -0.05) is 82.6 Å². The Balaban J connectivity index is 3.11. The van der Waals surface area contributed by atoms with Gasteiger partial charge in [-0.05, 0) is 38.5 Å². The lowest BCUT2D eigenvalue weighted by Gasteiger charge is -2.00. The van der Waals surface area contributed by atoms with Crippen LogP contribution in [0.1, 0.15) is 96.8 Å². The van der Waals surface area contributed by atoms with Crippen LogP contribution in [0.2, 0.25) is 0 Å². The van der Waals surface area contributed by atoms with E-state index in [2.05, 4.69) is 31.2 Å². The first kappa shape index (κ1) is 20.4. The fraction of sp³-hybridized carbons (Fsp3) is 0.800. The summed E-state index contributed by atoms with van der Waals surface area (Å²) in [4.78, 5) is 0. The molecule has 0 heterocycles. The van der Waals surface area contributed by atoms with Crippen LogP contribution in [0, 0.1) is 0 Å². The number of hydrogen-bond donors (Lipinski definition) is 1. The summed E-state index contributed by atoms with van der Waals surface area (Å²) >= 11 is 0. The maximum absolute atomic E-state index is 8.68. The maximum atomic E-state index is 8.68. The molecule has 0 bridgehead atoms. The van der Waals surface area contributed by atoms with Crippen LogP contribution in [0.5, 0.6) is 0 Å². The molecule has 0 fully saturated rings. The monoisotopic (exact) mass is 294 g/mol. The number of aliphatic hydroxyl groups excluding tert-OH is 1. The predicted molar refractivity (Wildman–Crippen MR) is 95.7 cm³/mol. The van der Waals surface area contributed by atoms with Crippen molar-refractivity contribution in [1.82, 2.24) is 0 Å². The highest BCUT2D eigenvalue weighted by Gasteiger charge is 1.91. The summed E-state index contributed by atoms with van der Waals surface area (Å²) in [5.74, 6) is 0. The molecule has 21 heavy (non-hydrogen) atoms. The molecule has 0 atom stereocenters. The first-order chi connectivity index (χ1) is 10.4. The minimum absolute atomic E-state index is 0.361. The van der Waals surface area contributed by atoms with E-state index < -0.39 is 0 Å². The quantitative estimate of drug-likeness (QED) is 0.252. The summed E-state index contributed by atoms with van der Waals surface area (Å²) in [6.45, 7) is 2.62. The largest absolute Gasteiger partial charge is 0.396 e. The van der Waals surface area contributed by atoms with Crippen LogP contribution in [-0.4, -0.2) is 11.7 Å². The Kier molecular flexibility index (Phi) is 18.9. The second kappa shape index (κ2) is 19.4. The van der Waals surface area contributed by atoms with Crippen LogP contribution in [0.25, 0.3) is 0 Å². The summed E-state index contributed by atoms with van der Waals surface area (Å²) in [5, 5.41) is 8.68. The Morgan fingerprint density at radius 1 is 0.571 bits per heavy atom. The van der Waals surface area contributed by atoms with Crippen LogP contribution >= 0.6 is 0 Å². The second-order valence-electron chi connectivity index (χ2n) is 6.02. The van der Waals surface area contributed by atoms with Crippen LogP contribution in [0.4, 0.5) is 0 Å². The molecule has 0 saturated heterocycles. The van der Waals surface area contributed by atoms with E-state index >= 15 is 0 Å². The van der Waals surface area contributed by atoms with Crippen molar-refractivity contribution in [3.8, 4) is 0 Å². The van der Waals surface area contributed by atoms with Crippen molar-refractivity contribution in [1.29, 1.82) is 0 Å². The van der Waals surface area contributed by atoms with Crippen molar-refractivity contribution in [2.75, 3.05) is 6.61 Å². The molecule has 124 valence electrons. The minimum Gasteiger partial charge on any atom is -0.396 e. The zero-order valence-electron chi connectivity index (χ0n) is 14.4. The third-order valence-electron chi connectivity index (χ3n) is 3.86. The molecule has 0 rings (SSSR count). The Morgan fingerprint density at radius 2 is 1.05 bits per heavy atom. The summed E-state index contributed by atoms with van der Waals surface area (Å²) in [7, 11) is 0. The fourth-order valence-electron chi connectivity index (χ4n) is 2.45. The zero-order chi connectivity index (χ0) is 15.4. The Morgan fingerprint density at radius 3 is 1.57 bits per heavy atom. The van der Waals surface area contributed by atoms with Gasteiger partial charge in [0.25, 0.3) is 0 Å². The summed E-state index contributed by atoms with van der Waals surface area (Å²) in [6.07, 6.45) is 27.2. The summed E-state index contributed by atoms with van der Waals surface area (Å²) < 4.78 is 0. The van der Waals surface area contributed by atoms with E-state index in [0.29, 0.717) is 6.61 Å². The van der Waals surface area contributed by atoms with Gasteiger partial charge in [-0.25, -0.2) is 0 Å². The number of hydrogen-bond acceptors (Lipinski definition) is 1. The van der Waals surface area contributed by atoms with E-state index in [0.717, 1.165) is 12.8 Å². The van der Waals surface area contributed by atoms with Crippen LogP contribution in [0.3, 0.4) is 0 Å². The number of rotatable bonds is 16. The van der Waals surface area contributed by atoms with Crippen molar-refractivity contribution in [2.45, 2.75) is 96.8 Å². The molecule has 0 aromatic heterocycles. The van der Waals surface area contributed by atoms with E-state index in [1.807, 2.05) is 0 Å². The SMILES string of the molecule is CCCCC/C=C/C/C=C/CCCCCCCCCCO. The lowest BCUT2D eigenvalue weighted by atomic mass is 10.1. The van der Waals surface area contributed by atoms with Crippen LogP contribution in [-0.2, 0) is 0 Å². The molecule has 0 aromatic rings. The lowest BCUT2D eigenvalue weighted by Crippen LogP contribution is -1.84. The van der Waals surface area contributed by atoms with Gasteiger partial charge in [0, 0.05) is 6.61 Å². The van der Waals surface area contributed by atoms with Crippen molar-refractivity contribution in [2.24, 2.45) is 0 Å². The molecule has 0 amide bonds. The second-order valence-corrected chi connectivity index (χ2v) is 6.02. The molecule has 0 aliphatic heterocycles. The van der Waals surface area contributed by atoms with Gasteiger partial charge < -0.3 is 5.11 Å². The number of unbranched alkanes of at least 4 members (excludes halogenated alkanes) is 11. The number of aliphatic hydroxyl groups is 1. The highest BCUT2D eigenvalue weighted by molar-refractivity contribution is 4.92. The topological polar surface area (TPSA) is 20.2 Å². The van der Waals surface area contributed by atoms with E-state index in [-0.39, 0.29) is 0 Å². The van der Waals surface area contributed by atoms with E-state index in [9.17, 15) is 0 Å². The molecule has 0 aliphatic rings. The van der Waals surface area contributed by atoms with Crippen molar-refractivity contribution in [3.05, 3.63) is 24.3 Å². The predicted octanol–water partition coefficient (Wildman–Crippen LogP) is 6.57. The number of allylic oxidation sites excluding steroid dienone is 4. The van der Waals surface area contributed by atoms with E-state index in [1.54, 1.807) is 0 Å². The maximum Gasteiger partial charge on any atom is 0.0431 e. The highest BCUT2D eigenvalue weighted by Crippen LogP contribution is 2.10. The van der Waals surface area contributed by atoms with Crippen LogP contribution < -0.4 is 0 Å².